The van der Waals surface area contributed by atoms with E-state index < -0.39 is 0 Å². The van der Waals surface area contributed by atoms with Crippen molar-refractivity contribution in [3.63, 3.8) is 0 Å². The lowest BCUT2D eigenvalue weighted by Crippen LogP contribution is -2.37. The zero-order chi connectivity index (χ0) is 18.6. The number of aromatic nitrogens is 4. The van der Waals surface area contributed by atoms with Gasteiger partial charge in [-0.2, -0.15) is 0 Å². The number of likely N-dealkylation sites (N-methyl/N-ethyl adjacent to an activating group) is 1. The molecule has 2 fully saturated rings. The van der Waals surface area contributed by atoms with Crippen LogP contribution in [0.2, 0.25) is 0 Å². The van der Waals surface area contributed by atoms with Crippen LogP contribution in [0, 0.1) is 0 Å². The normalized spacial score (nSPS) is 20.6. The van der Waals surface area contributed by atoms with E-state index in [1.807, 2.05) is 18.6 Å². The Hall–Kier alpha value is -2.15. The van der Waals surface area contributed by atoms with E-state index >= 15 is 0 Å². The Morgan fingerprint density at radius 2 is 1.63 bits per heavy atom. The van der Waals surface area contributed by atoms with Crippen LogP contribution >= 0.6 is 0 Å². The van der Waals surface area contributed by atoms with Crippen molar-refractivity contribution in [1.29, 1.82) is 0 Å². The highest BCUT2D eigenvalue weighted by molar-refractivity contribution is 5.63. The lowest BCUT2D eigenvalue weighted by Gasteiger charge is -2.35. The van der Waals surface area contributed by atoms with Gasteiger partial charge in [0.25, 0.3) is 0 Å². The molecule has 7 heteroatoms. The first-order valence-corrected chi connectivity index (χ1v) is 10.2. The second kappa shape index (κ2) is 8.25. The third-order valence-electron chi connectivity index (χ3n) is 5.69. The van der Waals surface area contributed by atoms with Crippen molar-refractivity contribution < 1.29 is 0 Å². The number of piperidine rings is 1. The van der Waals surface area contributed by atoms with E-state index in [9.17, 15) is 0 Å². The van der Waals surface area contributed by atoms with Crippen LogP contribution in [0.4, 0.5) is 11.6 Å². The Kier molecular flexibility index (Phi) is 5.57. The Morgan fingerprint density at radius 3 is 2.37 bits per heavy atom. The number of hydrogen-bond acceptors (Lipinski definition) is 6. The molecule has 4 heterocycles. The second-order valence-corrected chi connectivity index (χ2v) is 7.96. The van der Waals surface area contributed by atoms with Gasteiger partial charge in [0.05, 0.1) is 0 Å². The highest BCUT2D eigenvalue weighted by Crippen LogP contribution is 2.33. The molecule has 1 atom stereocenters. The third-order valence-corrected chi connectivity index (χ3v) is 5.69. The Bertz CT molecular complexity index is 735. The van der Waals surface area contributed by atoms with Gasteiger partial charge in [-0.25, -0.2) is 15.0 Å². The van der Waals surface area contributed by atoms with E-state index in [1.165, 1.54) is 31.5 Å². The maximum absolute atomic E-state index is 4.73. The molecule has 0 unspecified atom stereocenters. The monoisotopic (exact) mass is 369 g/mol. The predicted molar refractivity (Wildman–Crippen MR) is 108 cm³/mol. The van der Waals surface area contributed by atoms with Crippen molar-refractivity contribution in [2.24, 2.45) is 0 Å². The molecule has 7 nitrogen and oxygen atoms in total. The van der Waals surface area contributed by atoms with Crippen LogP contribution in [0.3, 0.4) is 0 Å². The van der Waals surface area contributed by atoms with Crippen LogP contribution in [0.15, 0.2) is 24.8 Å². The smallest absolute Gasteiger partial charge is 0.172 e. The van der Waals surface area contributed by atoms with Crippen LogP contribution in [0.5, 0.6) is 0 Å². The summed E-state index contributed by atoms with van der Waals surface area (Å²) in [6, 6.07) is 0. The highest BCUT2D eigenvalue weighted by Gasteiger charge is 2.28. The Morgan fingerprint density at radius 1 is 0.926 bits per heavy atom. The summed E-state index contributed by atoms with van der Waals surface area (Å²) in [5, 5.41) is 0. The van der Waals surface area contributed by atoms with Crippen molar-refractivity contribution in [3.05, 3.63) is 30.6 Å². The molecule has 0 aromatic carbocycles. The summed E-state index contributed by atoms with van der Waals surface area (Å²) in [6.45, 7) is 6.23. The summed E-state index contributed by atoms with van der Waals surface area (Å²) in [5.74, 6) is 3.78. The van der Waals surface area contributed by atoms with Crippen LogP contribution in [-0.2, 0) is 6.54 Å². The van der Waals surface area contributed by atoms with Crippen molar-refractivity contribution in [1.82, 2.24) is 24.4 Å². The summed E-state index contributed by atoms with van der Waals surface area (Å²) < 4.78 is 2.33. The lowest BCUT2D eigenvalue weighted by atomic mass is 9.97. The molecule has 0 aliphatic carbocycles. The first-order chi connectivity index (χ1) is 13.2. The van der Waals surface area contributed by atoms with Gasteiger partial charge >= 0.3 is 0 Å². The van der Waals surface area contributed by atoms with E-state index in [2.05, 4.69) is 44.5 Å². The van der Waals surface area contributed by atoms with E-state index in [4.69, 9.17) is 9.97 Å². The van der Waals surface area contributed by atoms with Crippen LogP contribution in [-0.4, -0.2) is 71.2 Å². The Labute approximate surface area is 162 Å². The Balaban J connectivity index is 1.52. The molecule has 0 saturated carbocycles. The summed E-state index contributed by atoms with van der Waals surface area (Å²) in [6.07, 6.45) is 12.6. The van der Waals surface area contributed by atoms with Gasteiger partial charge in [-0.3, -0.25) is 0 Å². The molecular weight excluding hydrogens is 338 g/mol. The van der Waals surface area contributed by atoms with E-state index in [0.717, 1.165) is 50.9 Å². The van der Waals surface area contributed by atoms with Gasteiger partial charge in [0.1, 0.15) is 5.82 Å². The average Bonchev–Trinajstić information content (AvgIpc) is 3.38. The lowest BCUT2D eigenvalue weighted by molar-refractivity contribution is 0.373. The fourth-order valence-electron chi connectivity index (χ4n) is 4.26. The molecule has 2 aromatic rings. The number of imidazole rings is 1. The maximum Gasteiger partial charge on any atom is 0.172 e. The standard InChI is InChI=1S/C20H31N7/c1-24(2)14-15-26-13-9-23-18(26)17-6-5-12-27(16-17)20-19(21-7-8-22-20)25-10-3-4-11-25/h7-9,13,17H,3-6,10-12,14-16H2,1-2H3/t17-/m1/s1. The van der Waals surface area contributed by atoms with Gasteiger partial charge in [0, 0.05) is 70.0 Å². The molecule has 2 saturated heterocycles. The molecule has 146 valence electrons. The largest absolute Gasteiger partial charge is 0.354 e. The zero-order valence-corrected chi connectivity index (χ0v) is 16.6. The molecule has 0 spiro atoms. The minimum Gasteiger partial charge on any atom is -0.354 e. The SMILES string of the molecule is CN(C)CCn1ccnc1[C@@H]1CCCN(c2nccnc2N2CCCC2)C1. The molecule has 2 aliphatic rings. The van der Waals surface area contributed by atoms with Crippen LogP contribution in [0.1, 0.15) is 37.4 Å². The van der Waals surface area contributed by atoms with Crippen molar-refractivity contribution in [2.75, 3.05) is 56.6 Å². The number of nitrogens with zero attached hydrogens (tertiary/aromatic N) is 7. The first kappa shape index (κ1) is 18.2. The van der Waals surface area contributed by atoms with E-state index in [1.54, 1.807) is 0 Å². The zero-order valence-electron chi connectivity index (χ0n) is 16.6. The third kappa shape index (κ3) is 4.08. The molecule has 0 radical (unpaired) electrons. The first-order valence-electron chi connectivity index (χ1n) is 10.2. The topological polar surface area (TPSA) is 53.3 Å². The fraction of sp³-hybridized carbons (Fsp3) is 0.650. The minimum atomic E-state index is 0.448. The van der Waals surface area contributed by atoms with Gasteiger partial charge in [-0.1, -0.05) is 0 Å². The van der Waals surface area contributed by atoms with E-state index in [-0.39, 0.29) is 0 Å². The highest BCUT2D eigenvalue weighted by atomic mass is 15.3. The predicted octanol–water partition coefficient (Wildman–Crippen LogP) is 2.22. The van der Waals surface area contributed by atoms with Gasteiger partial charge in [-0.05, 0) is 39.8 Å². The summed E-state index contributed by atoms with van der Waals surface area (Å²) in [5.41, 5.74) is 0. The number of rotatable bonds is 6. The molecule has 27 heavy (non-hydrogen) atoms. The molecule has 2 aliphatic heterocycles. The molecule has 0 N–H and O–H groups in total. The van der Waals surface area contributed by atoms with Crippen molar-refractivity contribution in [2.45, 2.75) is 38.1 Å². The quantitative estimate of drug-likeness (QED) is 0.778. The maximum atomic E-state index is 4.73. The molecule has 0 amide bonds. The van der Waals surface area contributed by atoms with Gasteiger partial charge in [0.15, 0.2) is 11.6 Å². The molecule has 4 rings (SSSR count). The van der Waals surface area contributed by atoms with Gasteiger partial charge in [-0.15, -0.1) is 0 Å². The van der Waals surface area contributed by atoms with Gasteiger partial charge < -0.3 is 19.3 Å². The summed E-state index contributed by atoms with van der Waals surface area (Å²) in [4.78, 5) is 21.2. The molecule has 0 bridgehead atoms. The van der Waals surface area contributed by atoms with Gasteiger partial charge in [0.2, 0.25) is 0 Å². The molecule has 2 aromatic heterocycles. The fourth-order valence-corrected chi connectivity index (χ4v) is 4.26. The van der Waals surface area contributed by atoms with Crippen molar-refractivity contribution in [3.8, 4) is 0 Å². The van der Waals surface area contributed by atoms with Crippen LogP contribution < -0.4 is 9.80 Å². The van der Waals surface area contributed by atoms with Crippen molar-refractivity contribution >= 4 is 11.6 Å². The average molecular weight is 370 g/mol. The van der Waals surface area contributed by atoms with Crippen LogP contribution in [0.25, 0.3) is 0 Å². The number of anilines is 2. The second-order valence-electron chi connectivity index (χ2n) is 7.96. The minimum absolute atomic E-state index is 0.448. The van der Waals surface area contributed by atoms with E-state index in [0.29, 0.717) is 5.92 Å². The summed E-state index contributed by atoms with van der Waals surface area (Å²) in [7, 11) is 4.24. The molecular formula is C20H31N7. The summed E-state index contributed by atoms with van der Waals surface area (Å²) >= 11 is 0. The number of hydrogen-bond donors (Lipinski definition) is 0.